The topological polar surface area (TPSA) is 44.4 Å². The molecule has 1 aliphatic heterocycles. The fourth-order valence-corrected chi connectivity index (χ4v) is 3.04. The highest BCUT2D eigenvalue weighted by atomic mass is 35.5. The van der Waals surface area contributed by atoms with Crippen molar-refractivity contribution < 1.29 is 4.79 Å². The maximum absolute atomic E-state index is 12.5. The summed E-state index contributed by atoms with van der Waals surface area (Å²) in [4.78, 5) is 14.8. The molecule has 1 aliphatic carbocycles. The number of hydrogen-bond donors (Lipinski definition) is 2. The van der Waals surface area contributed by atoms with Gasteiger partial charge in [0.05, 0.1) is 0 Å². The van der Waals surface area contributed by atoms with Gasteiger partial charge in [0, 0.05) is 36.4 Å². The van der Waals surface area contributed by atoms with E-state index in [-0.39, 0.29) is 30.7 Å². The number of carbonyl (C=O) groups is 1. The van der Waals surface area contributed by atoms with Crippen LogP contribution in [0.2, 0.25) is 0 Å². The lowest BCUT2D eigenvalue weighted by Gasteiger charge is -2.25. The smallest absolute Gasteiger partial charge is 0.251 e. The highest BCUT2D eigenvalue weighted by Crippen LogP contribution is 2.27. The Kier molecular flexibility index (Phi) is 7.65. The number of halogens is 2. The van der Waals surface area contributed by atoms with Crippen molar-refractivity contribution in [3.05, 3.63) is 29.3 Å². The van der Waals surface area contributed by atoms with Crippen molar-refractivity contribution >= 4 is 36.4 Å². The third-order valence-corrected chi connectivity index (χ3v) is 4.72. The number of amides is 1. The first-order valence-electron chi connectivity index (χ1n) is 8.02. The number of nitrogens with zero attached hydrogens (tertiary/aromatic N) is 1. The van der Waals surface area contributed by atoms with E-state index in [1.807, 2.05) is 12.1 Å². The zero-order chi connectivity index (χ0) is 14.8. The molecule has 0 saturated heterocycles. The van der Waals surface area contributed by atoms with E-state index in [0.717, 1.165) is 36.7 Å². The summed E-state index contributed by atoms with van der Waals surface area (Å²) < 4.78 is 0. The Morgan fingerprint density at radius 3 is 2.83 bits per heavy atom. The lowest BCUT2D eigenvalue weighted by atomic mass is 9.97. The van der Waals surface area contributed by atoms with Crippen LogP contribution in [0.1, 0.15) is 42.1 Å². The standard InChI is InChI=1S/C17H25N3O.2ClH/c1-12(20(2)13-8-9-13)11-19-17(21)15-5-3-7-16-14(15)6-4-10-18-16;;/h3,5,7,12-13,18H,4,6,8-11H2,1-2H3,(H,19,21);2*1H. The number of fused-ring (bicyclic) bond motifs is 1. The van der Waals surface area contributed by atoms with Gasteiger partial charge in [-0.15, -0.1) is 24.8 Å². The Labute approximate surface area is 151 Å². The predicted octanol–water partition coefficient (Wildman–Crippen LogP) is 3.10. The molecule has 1 unspecified atom stereocenters. The van der Waals surface area contributed by atoms with Gasteiger partial charge in [-0.25, -0.2) is 0 Å². The molecule has 1 atom stereocenters. The van der Waals surface area contributed by atoms with Gasteiger partial charge in [-0.1, -0.05) is 6.07 Å². The largest absolute Gasteiger partial charge is 0.385 e. The molecule has 1 fully saturated rings. The van der Waals surface area contributed by atoms with Crippen LogP contribution in [0, 0.1) is 0 Å². The average molecular weight is 360 g/mol. The molecule has 23 heavy (non-hydrogen) atoms. The summed E-state index contributed by atoms with van der Waals surface area (Å²) >= 11 is 0. The molecule has 0 bridgehead atoms. The van der Waals surface area contributed by atoms with Crippen molar-refractivity contribution in [2.75, 3.05) is 25.5 Å². The van der Waals surface area contributed by atoms with Crippen LogP contribution in [-0.2, 0) is 6.42 Å². The number of carbonyl (C=O) groups excluding carboxylic acids is 1. The highest BCUT2D eigenvalue weighted by molar-refractivity contribution is 5.97. The molecule has 1 saturated carbocycles. The Bertz CT molecular complexity index is 535. The maximum Gasteiger partial charge on any atom is 0.251 e. The fraction of sp³-hybridized carbons (Fsp3) is 0.588. The van der Waals surface area contributed by atoms with Crippen LogP contribution in [-0.4, -0.2) is 43.0 Å². The number of anilines is 1. The first-order chi connectivity index (χ1) is 10.2. The third-order valence-electron chi connectivity index (χ3n) is 4.72. The van der Waals surface area contributed by atoms with Gasteiger partial charge < -0.3 is 10.6 Å². The van der Waals surface area contributed by atoms with Gasteiger partial charge in [0.25, 0.3) is 5.91 Å². The van der Waals surface area contributed by atoms with Crippen LogP contribution in [0.15, 0.2) is 18.2 Å². The molecule has 1 heterocycles. The number of nitrogens with one attached hydrogen (secondary N) is 2. The molecule has 3 rings (SSSR count). The van der Waals surface area contributed by atoms with Gasteiger partial charge in [-0.2, -0.15) is 0 Å². The SMILES string of the molecule is CC(CNC(=O)c1cccc2c1CCCN2)N(C)C1CC1.Cl.Cl. The van der Waals surface area contributed by atoms with Gasteiger partial charge in [-0.05, 0) is 57.4 Å². The van der Waals surface area contributed by atoms with Crippen molar-refractivity contribution in [3.63, 3.8) is 0 Å². The van der Waals surface area contributed by atoms with Crippen molar-refractivity contribution in [2.24, 2.45) is 0 Å². The molecule has 1 amide bonds. The summed E-state index contributed by atoms with van der Waals surface area (Å²) in [6.07, 6.45) is 4.68. The van der Waals surface area contributed by atoms with Crippen molar-refractivity contribution in [3.8, 4) is 0 Å². The molecule has 4 nitrogen and oxygen atoms in total. The quantitative estimate of drug-likeness (QED) is 0.848. The van der Waals surface area contributed by atoms with Crippen molar-refractivity contribution in [1.82, 2.24) is 10.2 Å². The Morgan fingerprint density at radius 2 is 2.13 bits per heavy atom. The first kappa shape index (κ1) is 20.1. The summed E-state index contributed by atoms with van der Waals surface area (Å²) in [5, 5.41) is 6.48. The van der Waals surface area contributed by atoms with E-state index in [9.17, 15) is 4.79 Å². The van der Waals surface area contributed by atoms with Gasteiger partial charge in [0.15, 0.2) is 0 Å². The molecular weight excluding hydrogens is 333 g/mol. The minimum Gasteiger partial charge on any atom is -0.385 e. The van der Waals surface area contributed by atoms with E-state index < -0.39 is 0 Å². The van der Waals surface area contributed by atoms with E-state index in [1.54, 1.807) is 0 Å². The maximum atomic E-state index is 12.5. The molecule has 6 heteroatoms. The Morgan fingerprint density at radius 1 is 1.39 bits per heavy atom. The van der Waals surface area contributed by atoms with Crippen LogP contribution in [0.5, 0.6) is 0 Å². The number of likely N-dealkylation sites (N-methyl/N-ethyl adjacent to an activating group) is 1. The van der Waals surface area contributed by atoms with Gasteiger partial charge in [0.2, 0.25) is 0 Å². The molecule has 2 aliphatic rings. The minimum atomic E-state index is 0. The molecular formula is C17H27Cl2N3O. The van der Waals surface area contributed by atoms with Gasteiger partial charge in [-0.3, -0.25) is 9.69 Å². The summed E-state index contributed by atoms with van der Waals surface area (Å²) in [7, 11) is 2.16. The Hall–Kier alpha value is -0.970. The first-order valence-corrected chi connectivity index (χ1v) is 8.02. The highest BCUT2D eigenvalue weighted by Gasteiger charge is 2.29. The van der Waals surface area contributed by atoms with Crippen molar-refractivity contribution in [2.45, 2.75) is 44.7 Å². The molecule has 130 valence electrons. The van der Waals surface area contributed by atoms with Crippen LogP contribution >= 0.6 is 24.8 Å². The monoisotopic (exact) mass is 359 g/mol. The zero-order valence-corrected chi connectivity index (χ0v) is 15.4. The number of hydrogen-bond acceptors (Lipinski definition) is 3. The van der Waals surface area contributed by atoms with Crippen LogP contribution < -0.4 is 10.6 Å². The summed E-state index contributed by atoms with van der Waals surface area (Å²) in [5.74, 6) is 0.0617. The lowest BCUT2D eigenvalue weighted by molar-refractivity contribution is 0.0938. The second-order valence-corrected chi connectivity index (χ2v) is 6.32. The zero-order valence-electron chi connectivity index (χ0n) is 13.8. The molecule has 0 aromatic heterocycles. The molecule has 1 aromatic rings. The number of rotatable bonds is 5. The predicted molar refractivity (Wildman–Crippen MR) is 100 cm³/mol. The molecule has 2 N–H and O–H groups in total. The molecule has 0 spiro atoms. The van der Waals surface area contributed by atoms with E-state index in [1.165, 1.54) is 18.4 Å². The number of benzene rings is 1. The lowest BCUT2D eigenvalue weighted by Crippen LogP contribution is -2.41. The average Bonchev–Trinajstić information content (AvgIpc) is 3.35. The van der Waals surface area contributed by atoms with Crippen LogP contribution in [0.25, 0.3) is 0 Å². The van der Waals surface area contributed by atoms with Gasteiger partial charge in [0.1, 0.15) is 0 Å². The van der Waals surface area contributed by atoms with E-state index >= 15 is 0 Å². The summed E-state index contributed by atoms with van der Waals surface area (Å²) in [6, 6.07) is 7.08. The van der Waals surface area contributed by atoms with E-state index in [2.05, 4.69) is 35.6 Å². The van der Waals surface area contributed by atoms with Crippen molar-refractivity contribution in [1.29, 1.82) is 0 Å². The van der Waals surface area contributed by atoms with Crippen LogP contribution in [0.3, 0.4) is 0 Å². The molecule has 0 radical (unpaired) electrons. The Balaban J connectivity index is 0.00000132. The van der Waals surface area contributed by atoms with Crippen LogP contribution in [0.4, 0.5) is 5.69 Å². The summed E-state index contributed by atoms with van der Waals surface area (Å²) in [5.41, 5.74) is 3.13. The van der Waals surface area contributed by atoms with E-state index in [0.29, 0.717) is 12.6 Å². The molecule has 1 aromatic carbocycles. The minimum absolute atomic E-state index is 0. The second kappa shape index (κ2) is 8.76. The normalized spacial score (nSPS) is 17.2. The van der Waals surface area contributed by atoms with E-state index in [4.69, 9.17) is 0 Å². The fourth-order valence-electron chi connectivity index (χ4n) is 3.04. The summed E-state index contributed by atoms with van der Waals surface area (Å²) in [6.45, 7) is 3.89. The van der Waals surface area contributed by atoms with Gasteiger partial charge >= 0.3 is 0 Å². The third kappa shape index (κ3) is 4.75. The second-order valence-electron chi connectivity index (χ2n) is 6.32.